The maximum atomic E-state index is 9.25. The lowest BCUT2D eigenvalue weighted by Crippen LogP contribution is -1.92. The number of hydrogen-bond donors (Lipinski definition) is 1. The lowest BCUT2D eigenvalue weighted by atomic mass is 10.0. The molecule has 0 aliphatic heterocycles. The predicted molar refractivity (Wildman–Crippen MR) is 71.0 cm³/mol. The van der Waals surface area contributed by atoms with Crippen LogP contribution < -0.4 is 4.52 Å². The second kappa shape index (κ2) is 8.46. The second-order valence-electron chi connectivity index (χ2n) is 3.93. The van der Waals surface area contributed by atoms with Gasteiger partial charge in [-0.05, 0) is 25.5 Å². The summed E-state index contributed by atoms with van der Waals surface area (Å²) < 4.78 is 10.1. The first-order chi connectivity index (χ1) is 8.24. The maximum Gasteiger partial charge on any atom is 0.394 e. The Hall–Kier alpha value is -0.630. The van der Waals surface area contributed by atoms with Gasteiger partial charge in [0.05, 0.1) is 6.61 Å². The highest BCUT2D eigenvalue weighted by atomic mass is 31.2. The Bertz CT molecular complexity index is 309. The Labute approximate surface area is 105 Å². The highest BCUT2D eigenvalue weighted by Gasteiger charge is 2.08. The van der Waals surface area contributed by atoms with Gasteiger partial charge < -0.3 is 13.9 Å². The summed E-state index contributed by atoms with van der Waals surface area (Å²) in [6, 6.07) is 7.50. The first kappa shape index (κ1) is 14.4. The van der Waals surface area contributed by atoms with Gasteiger partial charge in [0.25, 0.3) is 0 Å². The standard InChI is InChI=1S/C9H13O3P.C4H8/c1-3-11-13(10)12-9-7-5-4-6-8(9)2;1-2-4-3-1/h4-7,10H,3H2,1-2H3;1-4H2. The largest absolute Gasteiger partial charge is 0.427 e. The van der Waals surface area contributed by atoms with E-state index in [4.69, 9.17) is 9.05 Å². The number of aryl methyl sites for hydroxylation is 1. The Kier molecular flexibility index (Phi) is 7.18. The van der Waals surface area contributed by atoms with Crippen LogP contribution in [0, 0.1) is 6.92 Å². The van der Waals surface area contributed by atoms with Gasteiger partial charge in [-0.1, -0.05) is 43.9 Å². The minimum absolute atomic E-state index is 0.452. The van der Waals surface area contributed by atoms with Crippen LogP contribution >= 0.6 is 8.60 Å². The van der Waals surface area contributed by atoms with Crippen LogP contribution in [0.25, 0.3) is 0 Å². The summed E-state index contributed by atoms with van der Waals surface area (Å²) in [6.07, 6.45) is 6.00. The summed E-state index contributed by atoms with van der Waals surface area (Å²) >= 11 is 0. The maximum absolute atomic E-state index is 9.25. The molecule has 0 radical (unpaired) electrons. The van der Waals surface area contributed by atoms with Crippen molar-refractivity contribution in [2.24, 2.45) is 0 Å². The first-order valence-corrected chi connectivity index (χ1v) is 7.22. The third-order valence-electron chi connectivity index (χ3n) is 2.51. The Morgan fingerprint density at radius 2 is 1.76 bits per heavy atom. The molecule has 1 N–H and O–H groups in total. The lowest BCUT2D eigenvalue weighted by Gasteiger charge is -2.11. The Balaban J connectivity index is 0.000000302. The van der Waals surface area contributed by atoms with Crippen molar-refractivity contribution in [1.29, 1.82) is 0 Å². The molecule has 1 aromatic carbocycles. The molecule has 17 heavy (non-hydrogen) atoms. The fraction of sp³-hybridized carbons (Fsp3) is 0.538. The quantitative estimate of drug-likeness (QED) is 0.821. The Morgan fingerprint density at radius 1 is 1.18 bits per heavy atom. The average molecular weight is 256 g/mol. The van der Waals surface area contributed by atoms with Gasteiger partial charge in [-0.3, -0.25) is 0 Å². The van der Waals surface area contributed by atoms with Crippen molar-refractivity contribution < 1.29 is 13.9 Å². The number of rotatable bonds is 4. The molecule has 0 heterocycles. The predicted octanol–water partition coefficient (Wildman–Crippen LogP) is 4.19. The monoisotopic (exact) mass is 256 g/mol. The lowest BCUT2D eigenvalue weighted by molar-refractivity contribution is 0.274. The van der Waals surface area contributed by atoms with Gasteiger partial charge in [-0.2, -0.15) is 0 Å². The molecule has 2 rings (SSSR count). The normalized spacial score (nSPS) is 15.2. The fourth-order valence-electron chi connectivity index (χ4n) is 1.13. The van der Waals surface area contributed by atoms with Crippen molar-refractivity contribution in [2.75, 3.05) is 6.61 Å². The van der Waals surface area contributed by atoms with Crippen LogP contribution in [-0.4, -0.2) is 11.5 Å². The molecule has 1 aliphatic rings. The van der Waals surface area contributed by atoms with Crippen LogP contribution in [0.2, 0.25) is 0 Å². The van der Waals surface area contributed by atoms with Crippen molar-refractivity contribution in [3.8, 4) is 5.75 Å². The van der Waals surface area contributed by atoms with Crippen molar-refractivity contribution in [3.05, 3.63) is 29.8 Å². The van der Waals surface area contributed by atoms with E-state index in [-0.39, 0.29) is 0 Å². The molecule has 96 valence electrons. The molecule has 0 saturated heterocycles. The summed E-state index contributed by atoms with van der Waals surface area (Å²) in [5.41, 5.74) is 0.990. The van der Waals surface area contributed by atoms with E-state index >= 15 is 0 Å². The summed E-state index contributed by atoms with van der Waals surface area (Å²) in [5.74, 6) is 0.671. The summed E-state index contributed by atoms with van der Waals surface area (Å²) in [7, 11) is -1.77. The minimum Gasteiger partial charge on any atom is -0.427 e. The van der Waals surface area contributed by atoms with Crippen molar-refractivity contribution in [3.63, 3.8) is 0 Å². The molecule has 3 nitrogen and oxygen atoms in total. The van der Waals surface area contributed by atoms with Crippen LogP contribution in [-0.2, 0) is 4.52 Å². The van der Waals surface area contributed by atoms with Crippen LogP contribution in [0.3, 0.4) is 0 Å². The van der Waals surface area contributed by atoms with E-state index in [9.17, 15) is 4.89 Å². The molecule has 1 fully saturated rings. The third kappa shape index (κ3) is 6.02. The van der Waals surface area contributed by atoms with Crippen LogP contribution in [0.5, 0.6) is 5.75 Å². The number of hydrogen-bond acceptors (Lipinski definition) is 3. The molecular formula is C13H21O3P. The van der Waals surface area contributed by atoms with Gasteiger partial charge in [-0.25, -0.2) is 0 Å². The van der Waals surface area contributed by atoms with Gasteiger partial charge in [-0.15, -0.1) is 0 Å². The highest BCUT2D eigenvalue weighted by molar-refractivity contribution is 7.41. The molecule has 1 aliphatic carbocycles. The van der Waals surface area contributed by atoms with E-state index in [0.717, 1.165) is 5.56 Å². The molecule has 0 spiro atoms. The van der Waals surface area contributed by atoms with Gasteiger partial charge in [0.1, 0.15) is 5.75 Å². The Morgan fingerprint density at radius 3 is 2.24 bits per heavy atom. The van der Waals surface area contributed by atoms with Crippen LogP contribution in [0.1, 0.15) is 38.2 Å². The average Bonchev–Trinajstić information content (AvgIpc) is 2.19. The van der Waals surface area contributed by atoms with Crippen LogP contribution in [0.4, 0.5) is 0 Å². The van der Waals surface area contributed by atoms with Crippen molar-refractivity contribution in [1.82, 2.24) is 0 Å². The summed E-state index contributed by atoms with van der Waals surface area (Å²) in [5, 5.41) is 0. The van der Waals surface area contributed by atoms with E-state index in [0.29, 0.717) is 12.4 Å². The zero-order valence-electron chi connectivity index (χ0n) is 10.6. The molecule has 0 bridgehead atoms. The van der Waals surface area contributed by atoms with Crippen molar-refractivity contribution in [2.45, 2.75) is 39.5 Å². The molecular weight excluding hydrogens is 235 g/mol. The van der Waals surface area contributed by atoms with Crippen molar-refractivity contribution >= 4 is 8.60 Å². The third-order valence-corrected chi connectivity index (χ3v) is 3.34. The molecule has 1 aromatic rings. The molecule has 1 saturated carbocycles. The van der Waals surface area contributed by atoms with E-state index in [2.05, 4.69) is 0 Å². The van der Waals surface area contributed by atoms with E-state index in [1.54, 1.807) is 6.07 Å². The van der Waals surface area contributed by atoms with Gasteiger partial charge >= 0.3 is 8.60 Å². The zero-order valence-corrected chi connectivity index (χ0v) is 11.5. The smallest absolute Gasteiger partial charge is 0.394 e. The molecule has 4 heteroatoms. The van der Waals surface area contributed by atoms with E-state index in [1.165, 1.54) is 25.7 Å². The van der Waals surface area contributed by atoms with Gasteiger partial charge in [0.15, 0.2) is 0 Å². The minimum atomic E-state index is -1.77. The number of benzene rings is 1. The molecule has 0 amide bonds. The van der Waals surface area contributed by atoms with Crippen LogP contribution in [0.15, 0.2) is 24.3 Å². The van der Waals surface area contributed by atoms with Gasteiger partial charge in [0, 0.05) is 0 Å². The SMILES string of the molecule is C1CCC1.CCOP(O)Oc1ccccc1C. The zero-order chi connectivity index (χ0) is 12.5. The summed E-state index contributed by atoms with van der Waals surface area (Å²) in [4.78, 5) is 9.25. The van der Waals surface area contributed by atoms with E-state index < -0.39 is 8.60 Å². The number of para-hydroxylation sites is 1. The molecule has 0 aromatic heterocycles. The second-order valence-corrected chi connectivity index (χ2v) is 4.84. The first-order valence-electron chi connectivity index (χ1n) is 6.09. The van der Waals surface area contributed by atoms with Gasteiger partial charge in [0.2, 0.25) is 0 Å². The highest BCUT2D eigenvalue weighted by Crippen LogP contribution is 2.35. The molecule has 1 unspecified atom stereocenters. The van der Waals surface area contributed by atoms with E-state index in [1.807, 2.05) is 32.0 Å². The summed E-state index contributed by atoms with van der Waals surface area (Å²) in [6.45, 7) is 4.19. The fourth-order valence-corrected chi connectivity index (χ4v) is 1.78. The molecule has 1 atom stereocenters. The topological polar surface area (TPSA) is 38.7 Å².